The number of fused-ring (bicyclic) bond motifs is 1. The molecule has 2 fully saturated rings. The molecule has 2 bridgehead atoms. The summed E-state index contributed by atoms with van der Waals surface area (Å²) in [4.78, 5) is 24.6. The maximum atomic E-state index is 12.9. The predicted octanol–water partition coefficient (Wildman–Crippen LogP) is 1.46. The zero-order valence-electron chi connectivity index (χ0n) is 13.5. The van der Waals surface area contributed by atoms with Crippen molar-refractivity contribution in [2.75, 3.05) is 11.9 Å². The molecule has 1 aromatic carbocycles. The number of anilines is 1. The summed E-state index contributed by atoms with van der Waals surface area (Å²) in [6.07, 6.45) is 5.04. The lowest BCUT2D eigenvalue weighted by Crippen LogP contribution is -2.52. The number of carbonyl (C=O) groups is 2. The van der Waals surface area contributed by atoms with Crippen molar-refractivity contribution in [3.63, 3.8) is 0 Å². The third-order valence-electron chi connectivity index (χ3n) is 5.67. The third-order valence-corrected chi connectivity index (χ3v) is 5.67. The molecule has 5 rings (SSSR count). The van der Waals surface area contributed by atoms with E-state index in [1.165, 1.54) is 0 Å². The highest BCUT2D eigenvalue weighted by atomic mass is 16.5. The Kier molecular flexibility index (Phi) is 3.59. The Morgan fingerprint density at radius 2 is 1.83 bits per heavy atom. The molecule has 4 aliphatic rings. The Bertz CT molecular complexity index is 713. The number of aliphatic carboxylic acids is 1. The molecule has 2 saturated carbocycles. The number of carboxylic acid groups (broad SMARTS) is 1. The van der Waals surface area contributed by atoms with E-state index < -0.39 is 17.8 Å². The highest BCUT2D eigenvalue weighted by Gasteiger charge is 2.61. The lowest BCUT2D eigenvalue weighted by molar-refractivity contribution is -0.316. The van der Waals surface area contributed by atoms with Crippen LogP contribution in [-0.4, -0.2) is 18.5 Å². The summed E-state index contributed by atoms with van der Waals surface area (Å²) in [5, 5.41) is 14.6. The number of rotatable bonds is 5. The van der Waals surface area contributed by atoms with Crippen molar-refractivity contribution in [2.24, 2.45) is 35.5 Å². The van der Waals surface area contributed by atoms with Crippen LogP contribution in [0.15, 0.2) is 36.4 Å². The lowest BCUT2D eigenvalue weighted by Gasteiger charge is -2.44. The van der Waals surface area contributed by atoms with Crippen molar-refractivity contribution < 1.29 is 19.4 Å². The largest absolute Gasteiger partial charge is 0.550 e. The Balaban J connectivity index is 1.60. The topological polar surface area (TPSA) is 78.5 Å². The smallest absolute Gasteiger partial charge is 0.228 e. The quantitative estimate of drug-likeness (QED) is 0.831. The molecule has 5 heteroatoms. The first-order valence-electron chi connectivity index (χ1n) is 8.53. The van der Waals surface area contributed by atoms with Gasteiger partial charge in [-0.3, -0.25) is 4.79 Å². The average Bonchev–Trinajstić information content (AvgIpc) is 3.38. The van der Waals surface area contributed by atoms with Crippen molar-refractivity contribution >= 4 is 17.6 Å². The molecule has 0 radical (unpaired) electrons. The van der Waals surface area contributed by atoms with Crippen molar-refractivity contribution in [3.05, 3.63) is 36.4 Å². The highest BCUT2D eigenvalue weighted by molar-refractivity contribution is 5.97. The van der Waals surface area contributed by atoms with Crippen molar-refractivity contribution in [1.82, 2.24) is 0 Å². The Hall–Kier alpha value is -2.30. The number of hydrogen-bond acceptors (Lipinski definition) is 4. The maximum absolute atomic E-state index is 12.9. The summed E-state index contributed by atoms with van der Waals surface area (Å²) in [6, 6.07) is 7.22. The molecule has 5 nitrogen and oxygen atoms in total. The monoisotopic (exact) mass is 326 g/mol. The summed E-state index contributed by atoms with van der Waals surface area (Å²) < 4.78 is 5.53. The van der Waals surface area contributed by atoms with E-state index in [9.17, 15) is 14.7 Å². The van der Waals surface area contributed by atoms with E-state index in [4.69, 9.17) is 4.74 Å². The SMILES string of the molecule is CCOc1ccccc1NC(=O)C1C2C=CC(C3CC23)C1C(=O)[O-]. The van der Waals surface area contributed by atoms with Gasteiger partial charge in [0.1, 0.15) is 5.75 Å². The van der Waals surface area contributed by atoms with Gasteiger partial charge in [-0.15, -0.1) is 0 Å². The molecule has 1 N–H and O–H groups in total. The molecule has 6 unspecified atom stereocenters. The molecule has 0 spiro atoms. The minimum atomic E-state index is -1.11. The van der Waals surface area contributed by atoms with E-state index >= 15 is 0 Å². The molecular weight excluding hydrogens is 306 g/mol. The Morgan fingerprint density at radius 1 is 1.17 bits per heavy atom. The normalized spacial score (nSPS) is 35.2. The fraction of sp³-hybridized carbons (Fsp3) is 0.474. The van der Waals surface area contributed by atoms with Crippen LogP contribution >= 0.6 is 0 Å². The van der Waals surface area contributed by atoms with Gasteiger partial charge in [0.2, 0.25) is 5.91 Å². The lowest BCUT2D eigenvalue weighted by atomic mass is 9.62. The number of nitrogens with one attached hydrogen (secondary N) is 1. The molecule has 0 heterocycles. The number of amides is 1. The van der Waals surface area contributed by atoms with Gasteiger partial charge >= 0.3 is 0 Å². The number of ether oxygens (including phenoxy) is 1. The molecule has 4 aliphatic carbocycles. The molecule has 0 aliphatic heterocycles. The predicted molar refractivity (Wildman–Crippen MR) is 85.9 cm³/mol. The molecule has 126 valence electrons. The van der Waals surface area contributed by atoms with E-state index in [1.807, 2.05) is 31.2 Å². The van der Waals surface area contributed by atoms with Gasteiger partial charge in [-0.2, -0.15) is 0 Å². The molecule has 24 heavy (non-hydrogen) atoms. The van der Waals surface area contributed by atoms with Crippen LogP contribution in [-0.2, 0) is 9.59 Å². The maximum Gasteiger partial charge on any atom is 0.228 e. The summed E-state index contributed by atoms with van der Waals surface area (Å²) in [6.45, 7) is 2.37. The van der Waals surface area contributed by atoms with Crippen LogP contribution in [0.1, 0.15) is 13.3 Å². The zero-order valence-corrected chi connectivity index (χ0v) is 13.5. The fourth-order valence-electron chi connectivity index (χ4n) is 4.62. The van der Waals surface area contributed by atoms with Crippen LogP contribution in [0, 0.1) is 35.5 Å². The van der Waals surface area contributed by atoms with Crippen LogP contribution in [0.5, 0.6) is 5.75 Å². The Morgan fingerprint density at radius 3 is 2.50 bits per heavy atom. The second kappa shape index (κ2) is 5.65. The number of para-hydroxylation sites is 2. The van der Waals surface area contributed by atoms with Crippen molar-refractivity contribution in [1.29, 1.82) is 0 Å². The molecule has 1 aromatic rings. The molecular formula is C19H20NO4-. The second-order valence-electron chi connectivity index (χ2n) is 6.89. The number of allylic oxidation sites excluding steroid dienone is 2. The van der Waals surface area contributed by atoms with E-state index in [0.29, 0.717) is 29.9 Å². The summed E-state index contributed by atoms with van der Waals surface area (Å²) in [5.41, 5.74) is 0.583. The average molecular weight is 326 g/mol. The first-order valence-corrected chi connectivity index (χ1v) is 8.53. The van der Waals surface area contributed by atoms with Gasteiger partial charge in [-0.05, 0) is 49.1 Å². The van der Waals surface area contributed by atoms with E-state index in [1.54, 1.807) is 12.1 Å². The number of hydrogen-bond donors (Lipinski definition) is 1. The van der Waals surface area contributed by atoms with Crippen LogP contribution in [0.4, 0.5) is 5.69 Å². The fourth-order valence-corrected chi connectivity index (χ4v) is 4.62. The van der Waals surface area contributed by atoms with Gasteiger partial charge < -0.3 is 20.0 Å². The minimum Gasteiger partial charge on any atom is -0.550 e. The van der Waals surface area contributed by atoms with Crippen molar-refractivity contribution in [3.8, 4) is 5.75 Å². The molecule has 6 atom stereocenters. The first kappa shape index (κ1) is 15.2. The number of benzene rings is 1. The summed E-state index contributed by atoms with van der Waals surface area (Å²) in [7, 11) is 0. The van der Waals surface area contributed by atoms with Gasteiger partial charge in [0.15, 0.2) is 0 Å². The summed E-state index contributed by atoms with van der Waals surface area (Å²) >= 11 is 0. The molecule has 0 saturated heterocycles. The molecule has 1 amide bonds. The van der Waals surface area contributed by atoms with E-state index in [-0.39, 0.29) is 17.7 Å². The van der Waals surface area contributed by atoms with Gasteiger partial charge in [-0.25, -0.2) is 0 Å². The van der Waals surface area contributed by atoms with Crippen LogP contribution < -0.4 is 15.2 Å². The van der Waals surface area contributed by atoms with Crippen LogP contribution in [0.25, 0.3) is 0 Å². The number of carbonyl (C=O) groups excluding carboxylic acids is 2. The van der Waals surface area contributed by atoms with Gasteiger partial charge in [0.25, 0.3) is 0 Å². The first-order chi connectivity index (χ1) is 11.6. The van der Waals surface area contributed by atoms with Gasteiger partial charge in [0.05, 0.1) is 18.2 Å². The van der Waals surface area contributed by atoms with E-state index in [2.05, 4.69) is 5.32 Å². The molecule has 0 aromatic heterocycles. The standard InChI is InChI=1S/C19H21NO4/c1-2-24-15-6-4-3-5-14(15)20-18(21)16-10-7-8-11(13-9-12(10)13)17(16)19(22)23/h3-8,10-13,16-17H,2,9H2,1H3,(H,20,21)(H,22,23)/p-1. The second-order valence-corrected chi connectivity index (χ2v) is 6.89. The van der Waals surface area contributed by atoms with Gasteiger partial charge in [-0.1, -0.05) is 24.3 Å². The summed E-state index contributed by atoms with van der Waals surface area (Å²) in [5.74, 6) is -1.26. The third kappa shape index (κ3) is 2.30. The van der Waals surface area contributed by atoms with E-state index in [0.717, 1.165) is 6.42 Å². The van der Waals surface area contributed by atoms with Crippen molar-refractivity contribution in [2.45, 2.75) is 13.3 Å². The zero-order chi connectivity index (χ0) is 16.8. The van der Waals surface area contributed by atoms with Gasteiger partial charge in [0, 0.05) is 11.9 Å². The van der Waals surface area contributed by atoms with Crippen LogP contribution in [0.2, 0.25) is 0 Å². The van der Waals surface area contributed by atoms with Crippen LogP contribution in [0.3, 0.4) is 0 Å². The Labute approximate surface area is 140 Å². The number of carboxylic acids is 1. The highest BCUT2D eigenvalue weighted by Crippen LogP contribution is 2.63. The minimum absolute atomic E-state index is 0.00200.